The van der Waals surface area contributed by atoms with Crippen molar-refractivity contribution in [1.29, 1.82) is 0 Å². The van der Waals surface area contributed by atoms with Crippen LogP contribution in [-0.2, 0) is 16.5 Å². The van der Waals surface area contributed by atoms with Crippen LogP contribution in [0.1, 0.15) is 74.8 Å². The summed E-state index contributed by atoms with van der Waals surface area (Å²) in [7, 11) is 0. The highest BCUT2D eigenvalue weighted by Gasteiger charge is 2.48. The molecule has 2 saturated carbocycles. The molecule has 10 heteroatoms. The minimum absolute atomic E-state index is 0.131. The van der Waals surface area contributed by atoms with Crippen LogP contribution < -0.4 is 10.6 Å². The van der Waals surface area contributed by atoms with Gasteiger partial charge in [-0.15, -0.1) is 0 Å². The summed E-state index contributed by atoms with van der Waals surface area (Å²) >= 11 is 6.09. The third-order valence-electron chi connectivity index (χ3n) is 9.87. The summed E-state index contributed by atoms with van der Waals surface area (Å²) in [5, 5.41) is 10.7. The van der Waals surface area contributed by atoms with Gasteiger partial charge in [0, 0.05) is 12.7 Å². The van der Waals surface area contributed by atoms with E-state index in [0.29, 0.717) is 24.2 Å². The quantitative estimate of drug-likeness (QED) is 0.450. The van der Waals surface area contributed by atoms with Crippen LogP contribution in [0.25, 0.3) is 0 Å². The van der Waals surface area contributed by atoms with Crippen molar-refractivity contribution in [3.8, 4) is 0 Å². The number of hydrogen-bond donors (Lipinski definition) is 2. The third kappa shape index (κ3) is 5.34. The molecule has 2 N–H and O–H groups in total. The summed E-state index contributed by atoms with van der Waals surface area (Å²) in [6, 6.07) is 3.00. The van der Waals surface area contributed by atoms with Crippen LogP contribution in [0.4, 0.5) is 18.9 Å². The number of anilines is 1. The molecule has 2 aliphatic heterocycles. The van der Waals surface area contributed by atoms with Gasteiger partial charge in [0.2, 0.25) is 0 Å². The lowest BCUT2D eigenvalue weighted by atomic mass is 9.57. The molecule has 212 valence electrons. The first-order chi connectivity index (χ1) is 18.7. The molecular weight excluding hydrogens is 527 g/mol. The molecule has 6 rings (SSSR count). The number of carbonyl (C=O) groups is 1. The Bertz CT molecular complexity index is 1190. The third-order valence-corrected chi connectivity index (χ3v) is 10.2. The van der Waals surface area contributed by atoms with E-state index in [1.54, 1.807) is 4.68 Å². The van der Waals surface area contributed by atoms with Crippen LogP contribution in [0.2, 0.25) is 5.02 Å². The highest BCUT2D eigenvalue weighted by Crippen LogP contribution is 2.52. The predicted molar refractivity (Wildman–Crippen MR) is 145 cm³/mol. The fraction of sp³-hybridized carbons (Fsp3) is 0.655. The Labute approximate surface area is 232 Å². The highest BCUT2D eigenvalue weighted by molar-refractivity contribution is 6.33. The normalized spacial score (nSPS) is 23.8. The number of alkyl halides is 3. The zero-order valence-corrected chi connectivity index (χ0v) is 23.0. The lowest BCUT2D eigenvalue weighted by Gasteiger charge is -2.52. The Morgan fingerprint density at radius 2 is 1.85 bits per heavy atom. The smallest absolute Gasteiger partial charge is 0.323 e. The molecule has 1 spiro atoms. The van der Waals surface area contributed by atoms with E-state index in [1.807, 2.05) is 12.4 Å². The molecule has 3 heterocycles. The Balaban J connectivity index is 1.04. The summed E-state index contributed by atoms with van der Waals surface area (Å²) in [5.74, 6) is 0.987. The molecule has 2 saturated heterocycles. The minimum Gasteiger partial charge on any atom is -0.323 e. The van der Waals surface area contributed by atoms with Crippen molar-refractivity contribution < 1.29 is 18.0 Å². The van der Waals surface area contributed by atoms with Crippen LogP contribution in [0, 0.1) is 11.3 Å². The SMILES string of the molecule is O=C(Nc1ccc(C(F)(F)F)cc1Cl)C1(n2cc(C3CCN(CC4CC5(CCNCC5)C4)CC3)cn2)CCC1. The van der Waals surface area contributed by atoms with E-state index in [1.165, 1.54) is 56.9 Å². The standard InChI is InChI=1S/C29H37ClF3N5O/c30-24-14-23(29(31,32)33)2-3-25(24)36-26(39)28(6-1-7-28)38-19-22(17-35-38)21-4-12-37(13-5-21)18-20-15-27(16-20)8-10-34-11-9-27/h2-3,14,17,19-21,34H,1,4-13,15-16,18H2,(H,36,39). The number of aromatic nitrogens is 2. The van der Waals surface area contributed by atoms with Crippen molar-refractivity contribution in [1.82, 2.24) is 20.0 Å². The van der Waals surface area contributed by atoms with Crippen LogP contribution in [0.15, 0.2) is 30.6 Å². The van der Waals surface area contributed by atoms with Crippen LogP contribution >= 0.6 is 11.6 Å². The number of nitrogens with one attached hydrogen (secondary N) is 2. The van der Waals surface area contributed by atoms with E-state index in [4.69, 9.17) is 11.6 Å². The predicted octanol–water partition coefficient (Wildman–Crippen LogP) is 6.03. The molecule has 0 unspecified atom stereocenters. The lowest BCUT2D eigenvalue weighted by Crippen LogP contribution is -2.51. The average Bonchev–Trinajstić information content (AvgIpc) is 3.34. The molecule has 4 fully saturated rings. The van der Waals surface area contributed by atoms with Gasteiger partial charge in [-0.25, -0.2) is 0 Å². The van der Waals surface area contributed by atoms with Gasteiger partial charge in [-0.2, -0.15) is 18.3 Å². The summed E-state index contributed by atoms with van der Waals surface area (Å²) < 4.78 is 40.8. The second-order valence-electron chi connectivity index (χ2n) is 12.3. The molecule has 1 amide bonds. The van der Waals surface area contributed by atoms with Gasteiger partial charge >= 0.3 is 6.18 Å². The Hall–Kier alpha value is -2.10. The molecule has 2 aliphatic carbocycles. The number of nitrogens with zero attached hydrogens (tertiary/aromatic N) is 3. The van der Waals surface area contributed by atoms with Crippen molar-refractivity contribution in [3.63, 3.8) is 0 Å². The van der Waals surface area contributed by atoms with Crippen LogP contribution in [0.5, 0.6) is 0 Å². The second-order valence-corrected chi connectivity index (χ2v) is 12.8. The first-order valence-corrected chi connectivity index (χ1v) is 14.7. The van der Waals surface area contributed by atoms with Gasteiger partial charge in [0.25, 0.3) is 5.91 Å². The van der Waals surface area contributed by atoms with Crippen molar-refractivity contribution in [2.45, 2.75) is 75.4 Å². The molecule has 39 heavy (non-hydrogen) atoms. The van der Waals surface area contributed by atoms with Crippen molar-refractivity contribution in [3.05, 3.63) is 46.7 Å². The molecular formula is C29H37ClF3N5O. The van der Waals surface area contributed by atoms with E-state index in [0.717, 1.165) is 50.4 Å². The molecule has 1 aromatic heterocycles. The van der Waals surface area contributed by atoms with Crippen molar-refractivity contribution in [2.24, 2.45) is 11.3 Å². The van der Waals surface area contributed by atoms with Gasteiger partial charge in [-0.3, -0.25) is 9.48 Å². The molecule has 0 radical (unpaired) electrons. The Morgan fingerprint density at radius 1 is 1.13 bits per heavy atom. The van der Waals surface area contributed by atoms with E-state index in [-0.39, 0.29) is 16.6 Å². The van der Waals surface area contributed by atoms with E-state index < -0.39 is 17.3 Å². The van der Waals surface area contributed by atoms with Gasteiger partial charge in [-0.1, -0.05) is 11.6 Å². The number of likely N-dealkylation sites (tertiary alicyclic amines) is 1. The maximum atomic E-state index is 13.4. The molecule has 0 bridgehead atoms. The number of amides is 1. The average molecular weight is 564 g/mol. The second kappa shape index (κ2) is 10.4. The van der Waals surface area contributed by atoms with E-state index in [9.17, 15) is 18.0 Å². The first-order valence-electron chi connectivity index (χ1n) is 14.3. The van der Waals surface area contributed by atoms with E-state index >= 15 is 0 Å². The topological polar surface area (TPSA) is 62.2 Å². The first kappa shape index (κ1) is 27.1. The fourth-order valence-electron chi connectivity index (χ4n) is 7.36. The van der Waals surface area contributed by atoms with Gasteiger partial charge in [0.05, 0.1) is 22.5 Å². The number of rotatable bonds is 6. The monoisotopic (exact) mass is 563 g/mol. The van der Waals surface area contributed by atoms with Crippen LogP contribution in [-0.4, -0.2) is 53.3 Å². The maximum Gasteiger partial charge on any atom is 0.416 e. The summed E-state index contributed by atoms with van der Waals surface area (Å²) in [6.07, 6.45) is 9.22. The maximum absolute atomic E-state index is 13.4. The Morgan fingerprint density at radius 3 is 2.46 bits per heavy atom. The summed E-state index contributed by atoms with van der Waals surface area (Å²) in [4.78, 5) is 16.0. The number of piperidine rings is 2. The fourth-order valence-corrected chi connectivity index (χ4v) is 7.59. The van der Waals surface area contributed by atoms with Crippen molar-refractivity contribution >= 4 is 23.2 Å². The minimum atomic E-state index is -4.49. The lowest BCUT2D eigenvalue weighted by molar-refractivity contribution is -0.137. The molecule has 4 aliphatic rings. The summed E-state index contributed by atoms with van der Waals surface area (Å²) in [5.41, 5.74) is 0.298. The number of hydrogen-bond acceptors (Lipinski definition) is 4. The molecule has 1 aromatic carbocycles. The Kier molecular flexibility index (Phi) is 7.21. The molecule has 6 nitrogen and oxygen atoms in total. The molecule has 0 atom stereocenters. The zero-order valence-electron chi connectivity index (χ0n) is 22.2. The highest BCUT2D eigenvalue weighted by atomic mass is 35.5. The zero-order chi connectivity index (χ0) is 27.3. The largest absolute Gasteiger partial charge is 0.416 e. The van der Waals surface area contributed by atoms with Gasteiger partial charge in [-0.05, 0) is 125 Å². The van der Waals surface area contributed by atoms with Gasteiger partial charge in [0.1, 0.15) is 5.54 Å². The summed E-state index contributed by atoms with van der Waals surface area (Å²) in [6.45, 7) is 5.77. The molecule has 2 aromatic rings. The van der Waals surface area contributed by atoms with Crippen LogP contribution in [0.3, 0.4) is 0 Å². The number of carbonyl (C=O) groups excluding carboxylic acids is 1. The van der Waals surface area contributed by atoms with Gasteiger partial charge in [0.15, 0.2) is 0 Å². The van der Waals surface area contributed by atoms with E-state index in [2.05, 4.69) is 20.6 Å². The van der Waals surface area contributed by atoms with Gasteiger partial charge < -0.3 is 15.5 Å². The number of benzene rings is 1. The van der Waals surface area contributed by atoms with Crippen molar-refractivity contribution in [2.75, 3.05) is 38.0 Å². The number of halogens is 4.